The van der Waals surface area contributed by atoms with E-state index < -0.39 is 9.84 Å². The monoisotopic (exact) mass is 422 g/mol. The van der Waals surface area contributed by atoms with Crippen molar-refractivity contribution in [2.45, 2.75) is 11.2 Å². The molecule has 19 heavy (non-hydrogen) atoms. The van der Waals surface area contributed by atoms with E-state index >= 15 is 0 Å². The molecule has 1 aromatic heterocycles. The minimum absolute atomic E-state index is 0.118. The Bertz CT molecular complexity index is 721. The lowest BCUT2D eigenvalue weighted by Crippen LogP contribution is -2.09. The van der Waals surface area contributed by atoms with Crippen LogP contribution in [0.3, 0.4) is 0 Å². The second-order valence-electron chi connectivity index (χ2n) is 4.87. The summed E-state index contributed by atoms with van der Waals surface area (Å²) in [5.41, 5.74) is 1.21. The van der Waals surface area contributed by atoms with Gasteiger partial charge in [0.2, 0.25) is 0 Å². The summed E-state index contributed by atoms with van der Waals surface area (Å²) in [5, 5.41) is 3.35. The highest BCUT2D eigenvalue weighted by atomic mass is 79.9. The third-order valence-electron chi connectivity index (χ3n) is 3.56. The Morgan fingerprint density at radius 2 is 2.16 bits per heavy atom. The van der Waals surface area contributed by atoms with Crippen LogP contribution in [0.15, 0.2) is 28.1 Å². The molecule has 0 bridgehead atoms. The van der Waals surface area contributed by atoms with Crippen LogP contribution in [0.5, 0.6) is 0 Å². The van der Waals surface area contributed by atoms with Crippen LogP contribution in [-0.2, 0) is 9.84 Å². The molecule has 2 heterocycles. The van der Waals surface area contributed by atoms with Crippen molar-refractivity contribution in [1.29, 1.82) is 0 Å². The molecular weight excluding hydrogens is 412 g/mol. The zero-order valence-electron chi connectivity index (χ0n) is 9.97. The normalized spacial score (nSPS) is 23.8. The molecule has 1 saturated heterocycles. The minimum atomic E-state index is -2.83. The minimum Gasteiger partial charge on any atom is -0.229 e. The predicted molar refractivity (Wildman–Crippen MR) is 88.0 cm³/mol. The van der Waals surface area contributed by atoms with Crippen LogP contribution >= 0.6 is 43.2 Å². The van der Waals surface area contributed by atoms with Crippen LogP contribution < -0.4 is 0 Å². The third-order valence-corrected chi connectivity index (χ3v) is 8.57. The molecule has 3 rings (SSSR count). The van der Waals surface area contributed by atoms with Gasteiger partial charge in [-0.15, -0.1) is 11.3 Å². The van der Waals surface area contributed by atoms with Crippen molar-refractivity contribution in [3.63, 3.8) is 0 Å². The summed E-state index contributed by atoms with van der Waals surface area (Å²) in [4.78, 5) is 0.118. The Morgan fingerprint density at radius 3 is 2.84 bits per heavy atom. The fourth-order valence-electron chi connectivity index (χ4n) is 2.56. The first-order valence-corrected chi connectivity index (χ1v) is 10.4. The maximum absolute atomic E-state index is 11.6. The Morgan fingerprint density at radius 1 is 1.37 bits per heavy atom. The molecule has 6 heteroatoms. The average molecular weight is 424 g/mol. The molecule has 0 aliphatic carbocycles. The number of hydrogen-bond donors (Lipinski definition) is 0. The Kier molecular flexibility index (Phi) is 3.79. The molecule has 1 fully saturated rings. The Labute approximate surface area is 133 Å². The lowest BCUT2D eigenvalue weighted by Gasteiger charge is -2.15. The summed E-state index contributed by atoms with van der Waals surface area (Å²) in [7, 11) is -2.83. The van der Waals surface area contributed by atoms with Crippen LogP contribution in [-0.4, -0.2) is 19.9 Å². The van der Waals surface area contributed by atoms with E-state index in [-0.39, 0.29) is 10.7 Å². The van der Waals surface area contributed by atoms with E-state index in [1.54, 1.807) is 11.3 Å². The number of benzene rings is 1. The van der Waals surface area contributed by atoms with Crippen LogP contribution in [0.2, 0.25) is 0 Å². The first kappa shape index (κ1) is 14.0. The highest BCUT2D eigenvalue weighted by molar-refractivity contribution is 9.10. The van der Waals surface area contributed by atoms with Crippen LogP contribution in [0.25, 0.3) is 10.1 Å². The first-order chi connectivity index (χ1) is 8.98. The van der Waals surface area contributed by atoms with Crippen molar-refractivity contribution >= 4 is 63.1 Å². The number of fused-ring (bicyclic) bond motifs is 1. The first-order valence-electron chi connectivity index (χ1n) is 5.98. The van der Waals surface area contributed by atoms with E-state index in [1.807, 2.05) is 12.1 Å². The van der Waals surface area contributed by atoms with Crippen LogP contribution in [0, 0.1) is 5.92 Å². The molecule has 2 nitrogen and oxygen atoms in total. The summed E-state index contributed by atoms with van der Waals surface area (Å²) in [6, 6.07) is 6.16. The highest BCUT2D eigenvalue weighted by Gasteiger charge is 2.34. The number of sulfone groups is 1. The van der Waals surface area contributed by atoms with Crippen LogP contribution in [0.4, 0.5) is 0 Å². The molecule has 1 aromatic carbocycles. The molecule has 2 unspecified atom stereocenters. The van der Waals surface area contributed by atoms with Gasteiger partial charge in [-0.1, -0.05) is 28.1 Å². The van der Waals surface area contributed by atoms with Gasteiger partial charge in [0.1, 0.15) is 0 Å². The van der Waals surface area contributed by atoms with Crippen molar-refractivity contribution in [2.75, 3.05) is 11.5 Å². The van der Waals surface area contributed by atoms with Gasteiger partial charge in [-0.25, -0.2) is 8.42 Å². The number of alkyl halides is 1. The van der Waals surface area contributed by atoms with E-state index in [0.29, 0.717) is 11.5 Å². The van der Waals surface area contributed by atoms with Crippen LogP contribution in [0.1, 0.15) is 16.8 Å². The fraction of sp³-hybridized carbons (Fsp3) is 0.385. The SMILES string of the molecule is O=S1(=O)CCC(C(Br)c2csc3c(Br)cccc23)C1. The molecular formula is C13H12Br2O2S2. The zero-order chi connectivity index (χ0) is 13.6. The van der Waals surface area contributed by atoms with Gasteiger partial charge in [-0.3, -0.25) is 0 Å². The third kappa shape index (κ3) is 2.64. The maximum atomic E-state index is 11.6. The van der Waals surface area contributed by atoms with E-state index in [4.69, 9.17) is 0 Å². The molecule has 102 valence electrons. The van der Waals surface area contributed by atoms with E-state index in [1.165, 1.54) is 15.6 Å². The van der Waals surface area contributed by atoms with E-state index in [2.05, 4.69) is 43.3 Å². The van der Waals surface area contributed by atoms with Crippen molar-refractivity contribution in [3.8, 4) is 0 Å². The molecule has 1 aliphatic heterocycles. The summed E-state index contributed by atoms with van der Waals surface area (Å²) in [6.45, 7) is 0. The second-order valence-corrected chi connectivity index (χ2v) is 9.82. The smallest absolute Gasteiger partial charge is 0.150 e. The number of hydrogen-bond acceptors (Lipinski definition) is 3. The van der Waals surface area contributed by atoms with Crippen molar-refractivity contribution < 1.29 is 8.42 Å². The highest BCUT2D eigenvalue weighted by Crippen LogP contribution is 2.44. The van der Waals surface area contributed by atoms with Gasteiger partial charge in [-0.2, -0.15) is 0 Å². The summed E-state index contributed by atoms with van der Waals surface area (Å²) < 4.78 is 25.5. The van der Waals surface area contributed by atoms with Gasteiger partial charge >= 0.3 is 0 Å². The molecule has 0 saturated carbocycles. The molecule has 1 aliphatic rings. The fourth-order valence-corrected chi connectivity index (χ4v) is 7.31. The quantitative estimate of drug-likeness (QED) is 0.664. The largest absolute Gasteiger partial charge is 0.229 e. The summed E-state index contributed by atoms with van der Waals surface area (Å²) >= 11 is 8.98. The lowest BCUT2D eigenvalue weighted by molar-refractivity contribution is 0.582. The van der Waals surface area contributed by atoms with Crippen molar-refractivity contribution in [2.24, 2.45) is 5.92 Å². The second kappa shape index (κ2) is 5.13. The van der Waals surface area contributed by atoms with Gasteiger partial charge in [0.05, 0.1) is 11.5 Å². The van der Waals surface area contributed by atoms with Gasteiger partial charge in [0.15, 0.2) is 9.84 Å². The zero-order valence-corrected chi connectivity index (χ0v) is 14.8. The molecule has 0 amide bonds. The predicted octanol–water partition coefficient (Wildman–Crippen LogP) is 4.53. The number of thiophene rings is 1. The standard InChI is InChI=1S/C13H12Br2O2S2/c14-11-3-1-2-9-10(6-18-13(9)11)12(15)8-4-5-19(16,17)7-8/h1-3,6,8,12H,4-5,7H2. The Balaban J connectivity index is 1.99. The molecule has 0 radical (unpaired) electrons. The average Bonchev–Trinajstić information content (AvgIpc) is 2.93. The Hall–Kier alpha value is 0.0900. The number of halogens is 2. The molecule has 0 spiro atoms. The lowest BCUT2D eigenvalue weighted by atomic mass is 9.98. The topological polar surface area (TPSA) is 34.1 Å². The van der Waals surface area contributed by atoms with Gasteiger partial charge in [0.25, 0.3) is 0 Å². The van der Waals surface area contributed by atoms with Gasteiger partial charge < -0.3 is 0 Å². The van der Waals surface area contributed by atoms with E-state index in [9.17, 15) is 8.42 Å². The van der Waals surface area contributed by atoms with Gasteiger partial charge in [0, 0.05) is 14.0 Å². The molecule has 2 aromatic rings. The van der Waals surface area contributed by atoms with Crippen molar-refractivity contribution in [1.82, 2.24) is 0 Å². The van der Waals surface area contributed by atoms with Gasteiger partial charge in [-0.05, 0) is 50.7 Å². The number of rotatable bonds is 2. The summed E-state index contributed by atoms with van der Waals surface area (Å²) in [5.74, 6) is 0.807. The maximum Gasteiger partial charge on any atom is 0.150 e. The molecule has 2 atom stereocenters. The summed E-state index contributed by atoms with van der Waals surface area (Å²) in [6.07, 6.45) is 0.754. The van der Waals surface area contributed by atoms with Crippen molar-refractivity contribution in [3.05, 3.63) is 33.6 Å². The van der Waals surface area contributed by atoms with E-state index in [0.717, 1.165) is 10.9 Å². The molecule has 0 N–H and O–H groups in total.